The van der Waals surface area contributed by atoms with Gasteiger partial charge in [0, 0.05) is 19.5 Å². The van der Waals surface area contributed by atoms with Crippen molar-refractivity contribution in [2.45, 2.75) is 31.8 Å². The van der Waals surface area contributed by atoms with Crippen LogP contribution in [0.25, 0.3) is 0 Å². The van der Waals surface area contributed by atoms with E-state index in [2.05, 4.69) is 17.6 Å². The van der Waals surface area contributed by atoms with Crippen LogP contribution in [0, 0.1) is 5.92 Å². The third kappa shape index (κ3) is 3.10. The highest BCUT2D eigenvalue weighted by Gasteiger charge is 2.36. The molecule has 0 radical (unpaired) electrons. The topological polar surface area (TPSA) is 74.6 Å². The van der Waals surface area contributed by atoms with Crippen LogP contribution < -0.4 is 10.6 Å². The summed E-state index contributed by atoms with van der Waals surface area (Å²) < 4.78 is 5.82. The molecule has 3 atom stereocenters. The SMILES string of the molecule is CC1CC1c1ccc(CN(C)C(=O)C2CNC(=O)CN2)o1. The van der Waals surface area contributed by atoms with Crippen molar-refractivity contribution in [1.82, 2.24) is 15.5 Å². The van der Waals surface area contributed by atoms with Crippen LogP contribution in [0.3, 0.4) is 0 Å². The maximum Gasteiger partial charge on any atom is 0.241 e. The van der Waals surface area contributed by atoms with Gasteiger partial charge in [-0.25, -0.2) is 0 Å². The van der Waals surface area contributed by atoms with E-state index in [1.165, 1.54) is 6.42 Å². The monoisotopic (exact) mass is 291 g/mol. The number of likely N-dealkylation sites (N-methyl/N-ethyl adjacent to an activating group) is 1. The summed E-state index contributed by atoms with van der Waals surface area (Å²) >= 11 is 0. The van der Waals surface area contributed by atoms with Gasteiger partial charge in [0.15, 0.2) is 0 Å². The first kappa shape index (κ1) is 14.1. The fourth-order valence-corrected chi connectivity index (χ4v) is 2.72. The summed E-state index contributed by atoms with van der Waals surface area (Å²) in [5, 5.41) is 5.63. The Hall–Kier alpha value is -1.82. The summed E-state index contributed by atoms with van der Waals surface area (Å²) in [5.41, 5.74) is 0. The quantitative estimate of drug-likeness (QED) is 0.844. The van der Waals surface area contributed by atoms with Crippen molar-refractivity contribution in [3.05, 3.63) is 23.7 Å². The van der Waals surface area contributed by atoms with Crippen molar-refractivity contribution in [3.8, 4) is 0 Å². The minimum absolute atomic E-state index is 0.0345. The van der Waals surface area contributed by atoms with Gasteiger partial charge in [-0.2, -0.15) is 0 Å². The van der Waals surface area contributed by atoms with E-state index in [0.717, 1.165) is 11.5 Å². The molecular weight excluding hydrogens is 270 g/mol. The van der Waals surface area contributed by atoms with Crippen LogP contribution in [-0.4, -0.2) is 42.9 Å². The second-order valence-corrected chi connectivity index (χ2v) is 6.06. The number of rotatable bonds is 4. The highest BCUT2D eigenvalue weighted by atomic mass is 16.3. The molecule has 3 rings (SSSR count). The highest BCUT2D eigenvalue weighted by molar-refractivity contribution is 5.86. The molecule has 6 heteroatoms. The molecule has 2 N–H and O–H groups in total. The van der Waals surface area contributed by atoms with E-state index >= 15 is 0 Å². The van der Waals surface area contributed by atoms with Gasteiger partial charge in [0.05, 0.1) is 13.1 Å². The molecular formula is C15H21N3O3. The number of carbonyl (C=O) groups excluding carboxylic acids is 2. The molecule has 21 heavy (non-hydrogen) atoms. The number of carbonyl (C=O) groups is 2. The zero-order valence-electron chi connectivity index (χ0n) is 12.4. The standard InChI is InChI=1S/C15H21N3O3/c1-9-5-11(9)13-4-3-10(21-13)8-18(2)15(20)12-6-17-14(19)7-16-12/h3-4,9,11-12,16H,5-8H2,1-2H3,(H,17,19). The lowest BCUT2D eigenvalue weighted by Gasteiger charge is -2.27. The lowest BCUT2D eigenvalue weighted by Crippen LogP contribution is -2.58. The van der Waals surface area contributed by atoms with Crippen LogP contribution in [0.15, 0.2) is 16.5 Å². The van der Waals surface area contributed by atoms with E-state index in [0.29, 0.717) is 24.9 Å². The number of piperazine rings is 1. The fourth-order valence-electron chi connectivity index (χ4n) is 2.72. The Morgan fingerprint density at radius 1 is 1.48 bits per heavy atom. The van der Waals surface area contributed by atoms with Gasteiger partial charge >= 0.3 is 0 Å². The molecule has 6 nitrogen and oxygen atoms in total. The average molecular weight is 291 g/mol. The van der Waals surface area contributed by atoms with Crippen LogP contribution >= 0.6 is 0 Å². The maximum atomic E-state index is 12.3. The second kappa shape index (κ2) is 5.52. The molecule has 2 aliphatic rings. The van der Waals surface area contributed by atoms with E-state index in [9.17, 15) is 9.59 Å². The third-order valence-corrected chi connectivity index (χ3v) is 4.24. The molecule has 1 aromatic heterocycles. The summed E-state index contributed by atoms with van der Waals surface area (Å²) in [6.45, 7) is 3.19. The zero-order valence-corrected chi connectivity index (χ0v) is 12.4. The molecule has 1 aliphatic carbocycles. The molecule has 2 amide bonds. The molecule has 1 aliphatic heterocycles. The van der Waals surface area contributed by atoms with Crippen molar-refractivity contribution in [2.75, 3.05) is 20.1 Å². The molecule has 2 fully saturated rings. The molecule has 2 heterocycles. The third-order valence-electron chi connectivity index (χ3n) is 4.24. The first-order chi connectivity index (χ1) is 10.0. The van der Waals surface area contributed by atoms with Crippen molar-refractivity contribution >= 4 is 11.8 Å². The zero-order chi connectivity index (χ0) is 15.0. The van der Waals surface area contributed by atoms with Gasteiger partial charge in [-0.3, -0.25) is 14.9 Å². The lowest BCUT2D eigenvalue weighted by atomic mass is 10.2. The largest absolute Gasteiger partial charge is 0.464 e. The van der Waals surface area contributed by atoms with E-state index in [4.69, 9.17) is 4.42 Å². The lowest BCUT2D eigenvalue weighted by molar-refractivity contribution is -0.134. The fraction of sp³-hybridized carbons (Fsp3) is 0.600. The van der Waals surface area contributed by atoms with Gasteiger partial charge in [-0.15, -0.1) is 0 Å². The first-order valence-electron chi connectivity index (χ1n) is 7.38. The van der Waals surface area contributed by atoms with Crippen molar-refractivity contribution in [1.29, 1.82) is 0 Å². The highest BCUT2D eigenvalue weighted by Crippen LogP contribution is 2.47. The Balaban J connectivity index is 1.55. The molecule has 1 saturated heterocycles. The van der Waals surface area contributed by atoms with E-state index in [1.807, 2.05) is 12.1 Å². The Morgan fingerprint density at radius 3 is 2.86 bits per heavy atom. The van der Waals surface area contributed by atoms with Gasteiger partial charge in [0.25, 0.3) is 0 Å². The van der Waals surface area contributed by atoms with Crippen molar-refractivity contribution < 1.29 is 14.0 Å². The molecule has 114 valence electrons. The predicted octanol–water partition coefficient (Wildman–Crippen LogP) is 0.449. The Bertz CT molecular complexity index is 544. The van der Waals surface area contributed by atoms with Crippen LogP contribution in [-0.2, 0) is 16.1 Å². The van der Waals surface area contributed by atoms with Gasteiger partial charge in [-0.05, 0) is 24.5 Å². The minimum atomic E-state index is -0.356. The van der Waals surface area contributed by atoms with Crippen LogP contribution in [0.1, 0.15) is 30.8 Å². The predicted molar refractivity (Wildman–Crippen MR) is 76.5 cm³/mol. The number of hydrogen-bond donors (Lipinski definition) is 2. The molecule has 0 spiro atoms. The second-order valence-electron chi connectivity index (χ2n) is 6.06. The Labute approximate surface area is 123 Å². The normalized spacial score (nSPS) is 28.1. The van der Waals surface area contributed by atoms with Crippen LogP contribution in [0.4, 0.5) is 0 Å². The van der Waals surface area contributed by atoms with Gasteiger partial charge in [-0.1, -0.05) is 6.92 Å². The van der Waals surface area contributed by atoms with E-state index in [-0.39, 0.29) is 24.4 Å². The summed E-state index contributed by atoms with van der Waals surface area (Å²) in [6, 6.07) is 3.60. The molecule has 1 saturated carbocycles. The summed E-state index contributed by atoms with van der Waals surface area (Å²) in [6.07, 6.45) is 1.19. The van der Waals surface area contributed by atoms with Crippen LogP contribution in [0.5, 0.6) is 0 Å². The number of nitrogens with one attached hydrogen (secondary N) is 2. The maximum absolute atomic E-state index is 12.3. The molecule has 0 aromatic carbocycles. The average Bonchev–Trinajstić information content (AvgIpc) is 3.02. The smallest absolute Gasteiger partial charge is 0.241 e. The minimum Gasteiger partial charge on any atom is -0.464 e. The molecule has 1 aromatic rings. The van der Waals surface area contributed by atoms with Crippen molar-refractivity contribution in [3.63, 3.8) is 0 Å². The number of furan rings is 1. The van der Waals surface area contributed by atoms with E-state index in [1.54, 1.807) is 11.9 Å². The molecule has 0 bridgehead atoms. The summed E-state index contributed by atoms with van der Waals surface area (Å²) in [5.74, 6) is 2.98. The van der Waals surface area contributed by atoms with Crippen LogP contribution in [0.2, 0.25) is 0 Å². The first-order valence-corrected chi connectivity index (χ1v) is 7.38. The molecule has 3 unspecified atom stereocenters. The number of hydrogen-bond acceptors (Lipinski definition) is 4. The Kier molecular flexibility index (Phi) is 3.71. The summed E-state index contributed by atoms with van der Waals surface area (Å²) in [7, 11) is 1.75. The van der Waals surface area contributed by atoms with E-state index < -0.39 is 0 Å². The number of nitrogens with zero attached hydrogens (tertiary/aromatic N) is 1. The van der Waals surface area contributed by atoms with Gasteiger partial charge in [0.1, 0.15) is 17.6 Å². The Morgan fingerprint density at radius 2 is 2.24 bits per heavy atom. The summed E-state index contributed by atoms with van der Waals surface area (Å²) in [4.78, 5) is 25.0. The van der Waals surface area contributed by atoms with Crippen molar-refractivity contribution in [2.24, 2.45) is 5.92 Å². The number of amides is 2. The van der Waals surface area contributed by atoms with Gasteiger partial charge in [0.2, 0.25) is 11.8 Å². The van der Waals surface area contributed by atoms with Gasteiger partial charge < -0.3 is 14.6 Å².